The molecule has 1 fully saturated rings. The molecule has 1 aliphatic rings. The fourth-order valence-corrected chi connectivity index (χ4v) is 3.10. The van der Waals surface area contributed by atoms with Gasteiger partial charge in [-0.2, -0.15) is 4.52 Å². The number of rotatable bonds is 4. The molecule has 1 amide bonds. The SMILES string of the molecule is COc1ccc(CC(=O)N2CCN(c3ccc4nncn4n3)CC2)cc1. The minimum atomic E-state index is 0.150. The number of methoxy groups -OCH3 is 1. The lowest BCUT2D eigenvalue weighted by Gasteiger charge is -2.35. The van der Waals surface area contributed by atoms with Gasteiger partial charge in [0.2, 0.25) is 5.91 Å². The molecule has 1 aromatic carbocycles. The van der Waals surface area contributed by atoms with Gasteiger partial charge in [0.05, 0.1) is 13.5 Å². The molecule has 0 radical (unpaired) electrons. The first-order valence-electron chi connectivity index (χ1n) is 8.55. The van der Waals surface area contributed by atoms with Gasteiger partial charge in [-0.3, -0.25) is 4.79 Å². The summed E-state index contributed by atoms with van der Waals surface area (Å²) in [7, 11) is 1.63. The van der Waals surface area contributed by atoms with Crippen molar-refractivity contribution in [2.75, 3.05) is 38.2 Å². The Labute approximate surface area is 151 Å². The Kier molecular flexibility index (Phi) is 4.39. The zero-order chi connectivity index (χ0) is 17.9. The number of benzene rings is 1. The van der Waals surface area contributed by atoms with E-state index >= 15 is 0 Å². The molecule has 8 nitrogen and oxygen atoms in total. The lowest BCUT2D eigenvalue weighted by atomic mass is 10.1. The van der Waals surface area contributed by atoms with E-state index in [0.29, 0.717) is 19.5 Å². The van der Waals surface area contributed by atoms with Crippen molar-refractivity contribution in [3.05, 3.63) is 48.3 Å². The maximum Gasteiger partial charge on any atom is 0.227 e. The number of hydrogen-bond donors (Lipinski definition) is 0. The number of amides is 1. The van der Waals surface area contributed by atoms with Crippen LogP contribution in [0.5, 0.6) is 5.75 Å². The highest BCUT2D eigenvalue weighted by atomic mass is 16.5. The van der Waals surface area contributed by atoms with Crippen molar-refractivity contribution < 1.29 is 9.53 Å². The lowest BCUT2D eigenvalue weighted by Crippen LogP contribution is -2.49. The molecule has 134 valence electrons. The molecule has 3 aromatic rings. The highest BCUT2D eigenvalue weighted by molar-refractivity contribution is 5.79. The van der Waals surface area contributed by atoms with Crippen LogP contribution in [0.25, 0.3) is 5.65 Å². The average Bonchev–Trinajstić information content (AvgIpc) is 3.16. The summed E-state index contributed by atoms with van der Waals surface area (Å²) in [6.07, 6.45) is 2.00. The third kappa shape index (κ3) is 3.30. The number of hydrogen-bond acceptors (Lipinski definition) is 6. The maximum absolute atomic E-state index is 12.5. The molecule has 4 rings (SSSR count). The first-order chi connectivity index (χ1) is 12.7. The molecule has 0 aliphatic carbocycles. The van der Waals surface area contributed by atoms with Gasteiger partial charge in [0, 0.05) is 26.2 Å². The predicted molar refractivity (Wildman–Crippen MR) is 96.3 cm³/mol. The first-order valence-corrected chi connectivity index (χ1v) is 8.55. The highest BCUT2D eigenvalue weighted by Crippen LogP contribution is 2.16. The molecule has 0 atom stereocenters. The van der Waals surface area contributed by atoms with Crippen molar-refractivity contribution in [3.63, 3.8) is 0 Å². The predicted octanol–water partition coefficient (Wildman–Crippen LogP) is 1.02. The minimum absolute atomic E-state index is 0.150. The quantitative estimate of drug-likeness (QED) is 0.698. The third-order valence-electron chi connectivity index (χ3n) is 4.62. The van der Waals surface area contributed by atoms with E-state index in [0.717, 1.165) is 35.9 Å². The van der Waals surface area contributed by atoms with Crippen molar-refractivity contribution in [2.45, 2.75) is 6.42 Å². The number of ether oxygens (including phenoxy) is 1. The van der Waals surface area contributed by atoms with Crippen LogP contribution in [0.4, 0.5) is 5.82 Å². The number of nitrogens with zero attached hydrogens (tertiary/aromatic N) is 6. The van der Waals surface area contributed by atoms with Crippen LogP contribution < -0.4 is 9.64 Å². The van der Waals surface area contributed by atoms with Crippen LogP contribution in [0, 0.1) is 0 Å². The van der Waals surface area contributed by atoms with Crippen LogP contribution in [0.1, 0.15) is 5.56 Å². The summed E-state index contributed by atoms with van der Waals surface area (Å²) >= 11 is 0. The van der Waals surface area contributed by atoms with E-state index in [-0.39, 0.29) is 5.91 Å². The highest BCUT2D eigenvalue weighted by Gasteiger charge is 2.22. The molecule has 0 N–H and O–H groups in total. The summed E-state index contributed by atoms with van der Waals surface area (Å²) in [6, 6.07) is 11.5. The Morgan fingerprint density at radius 1 is 1.08 bits per heavy atom. The number of anilines is 1. The third-order valence-corrected chi connectivity index (χ3v) is 4.62. The van der Waals surface area contributed by atoms with Crippen LogP contribution in [0.2, 0.25) is 0 Å². The van der Waals surface area contributed by atoms with Crippen LogP contribution in [0.15, 0.2) is 42.7 Å². The van der Waals surface area contributed by atoms with Crippen LogP contribution in [-0.4, -0.2) is 63.9 Å². The molecule has 1 saturated heterocycles. The number of piperazine rings is 1. The van der Waals surface area contributed by atoms with Crippen molar-refractivity contribution in [3.8, 4) is 5.75 Å². The number of aromatic nitrogens is 4. The first kappa shape index (κ1) is 16.3. The van der Waals surface area contributed by atoms with Crippen LogP contribution in [0.3, 0.4) is 0 Å². The largest absolute Gasteiger partial charge is 0.497 e. The molecule has 3 heterocycles. The topological polar surface area (TPSA) is 75.9 Å². The molecule has 0 unspecified atom stereocenters. The van der Waals surface area contributed by atoms with Crippen LogP contribution in [-0.2, 0) is 11.2 Å². The Morgan fingerprint density at radius 2 is 1.85 bits per heavy atom. The summed E-state index contributed by atoms with van der Waals surface area (Å²) in [5.41, 5.74) is 1.72. The molecule has 8 heteroatoms. The van der Waals surface area contributed by atoms with Crippen molar-refractivity contribution in [1.29, 1.82) is 0 Å². The lowest BCUT2D eigenvalue weighted by molar-refractivity contribution is -0.130. The summed E-state index contributed by atoms with van der Waals surface area (Å²) in [5.74, 6) is 1.82. The van der Waals surface area contributed by atoms with Crippen molar-refractivity contribution in [2.24, 2.45) is 0 Å². The second-order valence-electron chi connectivity index (χ2n) is 6.22. The Morgan fingerprint density at radius 3 is 2.58 bits per heavy atom. The summed E-state index contributed by atoms with van der Waals surface area (Å²) in [4.78, 5) is 16.6. The molecule has 1 aliphatic heterocycles. The second-order valence-corrected chi connectivity index (χ2v) is 6.22. The molecule has 26 heavy (non-hydrogen) atoms. The Balaban J connectivity index is 1.35. The normalized spacial score (nSPS) is 14.7. The smallest absolute Gasteiger partial charge is 0.227 e. The summed E-state index contributed by atoms with van der Waals surface area (Å²) in [5, 5.41) is 12.3. The van der Waals surface area contributed by atoms with Gasteiger partial charge in [-0.05, 0) is 29.8 Å². The molecular weight excluding hydrogens is 332 g/mol. The number of carbonyl (C=O) groups excluding carboxylic acids is 1. The number of carbonyl (C=O) groups is 1. The average molecular weight is 352 g/mol. The monoisotopic (exact) mass is 352 g/mol. The molecule has 0 saturated carbocycles. The van der Waals surface area contributed by atoms with Gasteiger partial charge in [0.15, 0.2) is 5.65 Å². The van der Waals surface area contributed by atoms with Gasteiger partial charge >= 0.3 is 0 Å². The van der Waals surface area contributed by atoms with Gasteiger partial charge in [0.25, 0.3) is 0 Å². The van der Waals surface area contributed by atoms with E-state index in [2.05, 4.69) is 20.2 Å². The van der Waals surface area contributed by atoms with E-state index in [1.807, 2.05) is 41.3 Å². The standard InChI is InChI=1S/C18H20N6O2/c1-26-15-4-2-14(3-5-15)12-18(25)23-10-8-22(9-11-23)17-7-6-16-20-19-13-24(16)21-17/h2-7,13H,8-12H2,1H3. The maximum atomic E-state index is 12.5. The van der Waals surface area contributed by atoms with Gasteiger partial charge in [0.1, 0.15) is 17.9 Å². The zero-order valence-electron chi connectivity index (χ0n) is 14.6. The van der Waals surface area contributed by atoms with Crippen LogP contribution >= 0.6 is 0 Å². The fourth-order valence-electron chi connectivity index (χ4n) is 3.10. The summed E-state index contributed by atoms with van der Waals surface area (Å²) in [6.45, 7) is 2.90. The molecule has 0 bridgehead atoms. The van der Waals surface area contributed by atoms with Crippen molar-refractivity contribution >= 4 is 17.4 Å². The van der Waals surface area contributed by atoms with Gasteiger partial charge in [-0.1, -0.05) is 12.1 Å². The zero-order valence-corrected chi connectivity index (χ0v) is 14.6. The Bertz CT molecular complexity index is 899. The van der Waals surface area contributed by atoms with E-state index in [1.165, 1.54) is 0 Å². The van der Waals surface area contributed by atoms with Crippen molar-refractivity contribution in [1.82, 2.24) is 24.7 Å². The van der Waals surface area contributed by atoms with E-state index in [1.54, 1.807) is 18.0 Å². The Hall–Kier alpha value is -3.16. The second kappa shape index (κ2) is 6.99. The van der Waals surface area contributed by atoms with E-state index in [4.69, 9.17) is 4.74 Å². The van der Waals surface area contributed by atoms with Gasteiger partial charge in [-0.15, -0.1) is 15.3 Å². The van der Waals surface area contributed by atoms with Gasteiger partial charge < -0.3 is 14.5 Å². The van der Waals surface area contributed by atoms with E-state index < -0.39 is 0 Å². The van der Waals surface area contributed by atoms with E-state index in [9.17, 15) is 4.79 Å². The molecular formula is C18H20N6O2. The van der Waals surface area contributed by atoms with Gasteiger partial charge in [-0.25, -0.2) is 0 Å². The minimum Gasteiger partial charge on any atom is -0.497 e. The number of fused-ring (bicyclic) bond motifs is 1. The summed E-state index contributed by atoms with van der Waals surface area (Å²) < 4.78 is 6.81. The molecule has 0 spiro atoms. The fraction of sp³-hybridized carbons (Fsp3) is 0.333. The molecule has 2 aromatic heterocycles.